The molecule has 2 rings (SSSR count). The fourth-order valence-corrected chi connectivity index (χ4v) is 3.10. The zero-order valence-electron chi connectivity index (χ0n) is 13.0. The second kappa shape index (κ2) is 7.76. The Morgan fingerprint density at radius 3 is 2.67 bits per heavy atom. The van der Waals surface area contributed by atoms with E-state index in [4.69, 9.17) is 14.2 Å². The van der Waals surface area contributed by atoms with Gasteiger partial charge >= 0.3 is 5.97 Å². The van der Waals surface area contributed by atoms with Gasteiger partial charge < -0.3 is 14.2 Å². The van der Waals surface area contributed by atoms with Gasteiger partial charge in [0, 0.05) is 19.3 Å². The van der Waals surface area contributed by atoms with Crippen LogP contribution in [0.1, 0.15) is 51.9 Å². The SMILES string of the molecule is CC=CC=C[C@H]1C[C@@H](CC(=O)OC)OC2(CCCCC2)O1. The molecule has 2 atom stereocenters. The molecule has 1 saturated carbocycles. The van der Waals surface area contributed by atoms with Crippen molar-refractivity contribution in [1.82, 2.24) is 0 Å². The molecular weight excluding hydrogens is 268 g/mol. The van der Waals surface area contributed by atoms with Crippen molar-refractivity contribution >= 4 is 5.97 Å². The summed E-state index contributed by atoms with van der Waals surface area (Å²) in [6.07, 6.45) is 14.2. The average molecular weight is 294 g/mol. The van der Waals surface area contributed by atoms with E-state index in [1.165, 1.54) is 13.5 Å². The summed E-state index contributed by atoms with van der Waals surface area (Å²) >= 11 is 0. The predicted molar refractivity (Wildman–Crippen MR) is 80.8 cm³/mol. The number of ether oxygens (including phenoxy) is 3. The lowest BCUT2D eigenvalue weighted by molar-refractivity contribution is -0.320. The Balaban J connectivity index is 2.06. The highest BCUT2D eigenvalue weighted by atomic mass is 16.7. The molecule has 0 amide bonds. The van der Waals surface area contributed by atoms with E-state index in [2.05, 4.69) is 6.08 Å². The van der Waals surface area contributed by atoms with E-state index in [0.29, 0.717) is 12.8 Å². The Kier molecular flexibility index (Phi) is 6.00. The molecule has 0 bridgehead atoms. The van der Waals surface area contributed by atoms with Gasteiger partial charge in [0.2, 0.25) is 0 Å². The summed E-state index contributed by atoms with van der Waals surface area (Å²) < 4.78 is 17.1. The Labute approximate surface area is 127 Å². The molecule has 0 radical (unpaired) electrons. The number of rotatable bonds is 4. The van der Waals surface area contributed by atoms with E-state index >= 15 is 0 Å². The van der Waals surface area contributed by atoms with Crippen molar-refractivity contribution in [3.05, 3.63) is 24.3 Å². The van der Waals surface area contributed by atoms with Gasteiger partial charge in [-0.1, -0.05) is 30.7 Å². The molecule has 1 aliphatic heterocycles. The smallest absolute Gasteiger partial charge is 0.308 e. The van der Waals surface area contributed by atoms with Crippen LogP contribution in [0, 0.1) is 0 Å². The monoisotopic (exact) mass is 294 g/mol. The third-order valence-corrected chi connectivity index (χ3v) is 4.11. The molecule has 0 aromatic carbocycles. The minimum atomic E-state index is -0.500. The van der Waals surface area contributed by atoms with Crippen LogP contribution in [0.2, 0.25) is 0 Å². The maximum Gasteiger partial charge on any atom is 0.308 e. The molecule has 21 heavy (non-hydrogen) atoms. The van der Waals surface area contributed by atoms with Crippen LogP contribution in [-0.2, 0) is 19.0 Å². The largest absolute Gasteiger partial charge is 0.469 e. The lowest BCUT2D eigenvalue weighted by atomic mass is 9.91. The topological polar surface area (TPSA) is 44.8 Å². The molecule has 1 saturated heterocycles. The Bertz CT molecular complexity index is 394. The summed E-state index contributed by atoms with van der Waals surface area (Å²) in [6.45, 7) is 1.98. The minimum absolute atomic E-state index is 0.00251. The van der Waals surface area contributed by atoms with Crippen LogP contribution >= 0.6 is 0 Å². The van der Waals surface area contributed by atoms with Crippen molar-refractivity contribution < 1.29 is 19.0 Å². The first-order chi connectivity index (χ1) is 10.2. The fraction of sp³-hybridized carbons (Fsp3) is 0.706. The number of esters is 1. The van der Waals surface area contributed by atoms with E-state index in [1.54, 1.807) is 0 Å². The molecule has 0 aromatic rings. The van der Waals surface area contributed by atoms with E-state index in [-0.39, 0.29) is 18.2 Å². The first-order valence-corrected chi connectivity index (χ1v) is 7.89. The highest BCUT2D eigenvalue weighted by Crippen LogP contribution is 2.40. The van der Waals surface area contributed by atoms with Crippen molar-refractivity contribution in [1.29, 1.82) is 0 Å². The third kappa shape index (κ3) is 4.68. The zero-order valence-corrected chi connectivity index (χ0v) is 13.0. The van der Waals surface area contributed by atoms with Gasteiger partial charge in [-0.15, -0.1) is 0 Å². The van der Waals surface area contributed by atoms with E-state index < -0.39 is 5.79 Å². The molecule has 118 valence electrons. The predicted octanol–water partition coefficient (Wildman–Crippen LogP) is 3.52. The van der Waals surface area contributed by atoms with Gasteiger partial charge in [0.15, 0.2) is 5.79 Å². The second-order valence-electron chi connectivity index (χ2n) is 5.79. The minimum Gasteiger partial charge on any atom is -0.469 e. The average Bonchev–Trinajstić information content (AvgIpc) is 2.47. The summed E-state index contributed by atoms with van der Waals surface area (Å²) in [4.78, 5) is 11.5. The van der Waals surface area contributed by atoms with Gasteiger partial charge in [-0.2, -0.15) is 0 Å². The van der Waals surface area contributed by atoms with Crippen LogP contribution < -0.4 is 0 Å². The van der Waals surface area contributed by atoms with E-state index in [1.807, 2.05) is 25.2 Å². The number of methoxy groups -OCH3 is 1. The zero-order chi connectivity index (χ0) is 15.1. The molecule has 4 nitrogen and oxygen atoms in total. The van der Waals surface area contributed by atoms with Crippen LogP contribution in [0.25, 0.3) is 0 Å². The van der Waals surface area contributed by atoms with Gasteiger partial charge in [-0.05, 0) is 19.8 Å². The van der Waals surface area contributed by atoms with Crippen molar-refractivity contribution in [3.63, 3.8) is 0 Å². The van der Waals surface area contributed by atoms with Crippen molar-refractivity contribution in [2.75, 3.05) is 7.11 Å². The summed E-state index contributed by atoms with van der Waals surface area (Å²) in [5.41, 5.74) is 0. The molecular formula is C17H26O4. The molecule has 0 N–H and O–H groups in total. The van der Waals surface area contributed by atoms with E-state index in [9.17, 15) is 4.79 Å². The number of carbonyl (C=O) groups excluding carboxylic acids is 1. The van der Waals surface area contributed by atoms with Gasteiger partial charge in [0.05, 0.1) is 25.7 Å². The summed E-state index contributed by atoms with van der Waals surface area (Å²) in [7, 11) is 1.42. The number of carbonyl (C=O) groups is 1. The first kappa shape index (κ1) is 16.2. The summed E-state index contributed by atoms with van der Waals surface area (Å²) in [6, 6.07) is 0. The first-order valence-electron chi connectivity index (χ1n) is 7.89. The Hall–Kier alpha value is -1.13. The van der Waals surface area contributed by atoms with Gasteiger partial charge in [-0.3, -0.25) is 4.79 Å². The van der Waals surface area contributed by atoms with Crippen molar-refractivity contribution in [2.45, 2.75) is 69.9 Å². The number of allylic oxidation sites excluding steroid dienone is 3. The fourth-order valence-electron chi connectivity index (χ4n) is 3.10. The molecule has 0 unspecified atom stereocenters. The number of hydrogen-bond acceptors (Lipinski definition) is 4. The normalized spacial score (nSPS) is 29.2. The molecule has 4 heteroatoms. The molecule has 1 heterocycles. The molecule has 0 aromatic heterocycles. The summed E-state index contributed by atoms with van der Waals surface area (Å²) in [5, 5.41) is 0. The van der Waals surface area contributed by atoms with Crippen LogP contribution in [0.15, 0.2) is 24.3 Å². The van der Waals surface area contributed by atoms with Crippen LogP contribution in [-0.4, -0.2) is 31.1 Å². The molecule has 2 fully saturated rings. The third-order valence-electron chi connectivity index (χ3n) is 4.11. The highest BCUT2D eigenvalue weighted by molar-refractivity contribution is 5.69. The van der Waals surface area contributed by atoms with Crippen molar-refractivity contribution in [3.8, 4) is 0 Å². The lowest BCUT2D eigenvalue weighted by Crippen LogP contribution is -2.49. The molecule has 1 aliphatic carbocycles. The molecule has 2 aliphatic rings. The Morgan fingerprint density at radius 2 is 2.00 bits per heavy atom. The molecule has 1 spiro atoms. The van der Waals surface area contributed by atoms with Gasteiger partial charge in [0.1, 0.15) is 0 Å². The maximum atomic E-state index is 11.5. The second-order valence-corrected chi connectivity index (χ2v) is 5.79. The highest BCUT2D eigenvalue weighted by Gasteiger charge is 2.43. The van der Waals surface area contributed by atoms with Gasteiger partial charge in [-0.25, -0.2) is 0 Å². The van der Waals surface area contributed by atoms with Crippen LogP contribution in [0.4, 0.5) is 0 Å². The maximum absolute atomic E-state index is 11.5. The van der Waals surface area contributed by atoms with Crippen LogP contribution in [0.3, 0.4) is 0 Å². The van der Waals surface area contributed by atoms with Crippen molar-refractivity contribution in [2.24, 2.45) is 0 Å². The quantitative estimate of drug-likeness (QED) is 0.588. The standard InChI is InChI=1S/C17H26O4/c1-3-4-6-9-14-12-15(13-16(18)19-2)21-17(20-14)10-7-5-8-11-17/h3-4,6,9,14-15H,5,7-8,10-13H2,1-2H3/t14-,15-/m0/s1. The van der Waals surface area contributed by atoms with Gasteiger partial charge in [0.25, 0.3) is 0 Å². The van der Waals surface area contributed by atoms with Crippen LogP contribution in [0.5, 0.6) is 0 Å². The summed E-state index contributed by atoms with van der Waals surface area (Å²) in [5.74, 6) is -0.718. The van der Waals surface area contributed by atoms with E-state index in [0.717, 1.165) is 25.7 Å². The lowest BCUT2D eigenvalue weighted by Gasteiger charge is -2.46. The number of hydrogen-bond donors (Lipinski definition) is 0. The Morgan fingerprint density at radius 1 is 1.24 bits per heavy atom.